The largest absolute Gasteiger partial charge is 0.465 e. The Bertz CT molecular complexity index is 1060. The van der Waals surface area contributed by atoms with Gasteiger partial charge in [-0.15, -0.1) is 0 Å². The van der Waals surface area contributed by atoms with Crippen LogP contribution in [0.25, 0.3) is 0 Å². The van der Waals surface area contributed by atoms with E-state index in [0.717, 1.165) is 60.7 Å². The Morgan fingerprint density at radius 3 is 2.03 bits per heavy atom. The average Bonchev–Trinajstić information content (AvgIpc) is 3.38. The van der Waals surface area contributed by atoms with Crippen molar-refractivity contribution in [2.75, 3.05) is 24.6 Å². The van der Waals surface area contributed by atoms with Gasteiger partial charge in [-0.25, -0.2) is 0 Å². The third-order valence-electron chi connectivity index (χ3n) is 6.30. The zero-order valence-corrected chi connectivity index (χ0v) is 20.2. The van der Waals surface area contributed by atoms with Crippen LogP contribution in [0.1, 0.15) is 50.3 Å². The predicted octanol–water partition coefficient (Wildman–Crippen LogP) is 5.90. The summed E-state index contributed by atoms with van der Waals surface area (Å²) < 4.78 is 17.8. The zero-order valence-electron chi connectivity index (χ0n) is 20.2. The second kappa shape index (κ2) is 10.7. The molecule has 1 aliphatic rings. The van der Waals surface area contributed by atoms with Gasteiger partial charge in [0.15, 0.2) is 11.9 Å². The molecule has 5 heteroatoms. The van der Waals surface area contributed by atoms with Crippen molar-refractivity contribution in [3.8, 4) is 5.75 Å². The molecule has 0 aliphatic carbocycles. The lowest BCUT2D eigenvalue weighted by Gasteiger charge is -2.35. The van der Waals surface area contributed by atoms with Crippen LogP contribution in [0.4, 0.5) is 5.69 Å². The first-order valence-electron chi connectivity index (χ1n) is 12.1. The second-order valence-corrected chi connectivity index (χ2v) is 8.44. The number of ether oxygens (including phenoxy) is 3. The van der Waals surface area contributed by atoms with Gasteiger partial charge in [0.25, 0.3) is 0 Å². The topological polar surface area (TPSA) is 48.0 Å². The number of carbonyl (C=O) groups is 1. The zero-order chi connectivity index (χ0) is 24.0. The van der Waals surface area contributed by atoms with Crippen molar-refractivity contribution in [3.63, 3.8) is 0 Å². The smallest absolute Gasteiger partial charge is 0.304 e. The van der Waals surface area contributed by atoms with Crippen molar-refractivity contribution < 1.29 is 19.0 Å². The summed E-state index contributed by atoms with van der Waals surface area (Å²) in [6.07, 6.45) is 1.70. The van der Waals surface area contributed by atoms with Crippen LogP contribution in [0.5, 0.6) is 5.75 Å². The summed E-state index contributed by atoms with van der Waals surface area (Å²) in [5.41, 5.74) is 2.67. The molecule has 0 spiro atoms. The maximum atomic E-state index is 12.5. The highest BCUT2D eigenvalue weighted by Gasteiger charge is 2.40. The Balaban J connectivity index is 1.80. The summed E-state index contributed by atoms with van der Waals surface area (Å²) in [7, 11) is 0. The molecular weight excluding hydrogens is 426 g/mol. The fourth-order valence-corrected chi connectivity index (χ4v) is 4.62. The van der Waals surface area contributed by atoms with Crippen LogP contribution in [-0.2, 0) is 19.9 Å². The second-order valence-electron chi connectivity index (χ2n) is 8.44. The van der Waals surface area contributed by atoms with E-state index in [1.807, 2.05) is 54.6 Å². The molecule has 34 heavy (non-hydrogen) atoms. The Morgan fingerprint density at radius 1 is 0.912 bits per heavy atom. The van der Waals surface area contributed by atoms with E-state index in [9.17, 15) is 4.79 Å². The van der Waals surface area contributed by atoms with E-state index in [-0.39, 0.29) is 12.3 Å². The number of rotatable bonds is 9. The van der Waals surface area contributed by atoms with E-state index in [1.165, 1.54) is 6.92 Å². The fraction of sp³-hybridized carbons (Fsp3) is 0.345. The minimum atomic E-state index is -1.09. The van der Waals surface area contributed by atoms with Gasteiger partial charge >= 0.3 is 5.97 Å². The van der Waals surface area contributed by atoms with Crippen molar-refractivity contribution in [2.24, 2.45) is 0 Å². The standard InChI is InChI=1S/C29H33NO4/c1-4-30(5-2)26-17-13-24(14-18-26)29(34-22(3)31,23-10-7-6-8-11-23)25-15-19-27(20-16-25)33-28-12-9-21-32-28/h6-8,10-11,13-20,28H,4-5,9,12,21H2,1-3H3. The van der Waals surface area contributed by atoms with Crippen molar-refractivity contribution >= 4 is 11.7 Å². The van der Waals surface area contributed by atoms with Gasteiger partial charge < -0.3 is 19.1 Å². The summed E-state index contributed by atoms with van der Waals surface area (Å²) in [4.78, 5) is 14.8. The normalized spacial score (nSPS) is 17.1. The van der Waals surface area contributed by atoms with Crippen LogP contribution >= 0.6 is 0 Å². The highest BCUT2D eigenvalue weighted by atomic mass is 16.7. The molecule has 0 aromatic heterocycles. The molecule has 3 aromatic rings. The van der Waals surface area contributed by atoms with Gasteiger partial charge in [-0.05, 0) is 44.5 Å². The number of nitrogens with zero attached hydrogens (tertiary/aromatic N) is 1. The Hall–Kier alpha value is -3.31. The van der Waals surface area contributed by atoms with Crippen LogP contribution in [0.2, 0.25) is 0 Å². The summed E-state index contributed by atoms with van der Waals surface area (Å²) in [6.45, 7) is 8.33. The van der Waals surface area contributed by atoms with Gasteiger partial charge in [0.05, 0.1) is 6.61 Å². The molecule has 0 radical (unpaired) electrons. The van der Waals surface area contributed by atoms with Crippen molar-refractivity contribution in [2.45, 2.75) is 45.5 Å². The molecular formula is C29H33NO4. The van der Waals surface area contributed by atoms with E-state index in [1.54, 1.807) is 0 Å². The first-order valence-corrected chi connectivity index (χ1v) is 12.1. The Morgan fingerprint density at radius 2 is 1.50 bits per heavy atom. The molecule has 1 heterocycles. The van der Waals surface area contributed by atoms with Gasteiger partial charge in [-0.2, -0.15) is 0 Å². The van der Waals surface area contributed by atoms with Crippen LogP contribution in [0, 0.1) is 0 Å². The molecule has 5 nitrogen and oxygen atoms in total. The van der Waals surface area contributed by atoms with E-state index in [4.69, 9.17) is 14.2 Å². The van der Waals surface area contributed by atoms with Gasteiger partial charge in [-0.1, -0.05) is 54.6 Å². The number of hydrogen-bond acceptors (Lipinski definition) is 5. The number of anilines is 1. The molecule has 1 fully saturated rings. The van der Waals surface area contributed by atoms with Crippen LogP contribution in [0.15, 0.2) is 78.9 Å². The Labute approximate surface area is 202 Å². The van der Waals surface area contributed by atoms with Crippen LogP contribution < -0.4 is 9.64 Å². The first kappa shape index (κ1) is 23.8. The van der Waals surface area contributed by atoms with E-state index < -0.39 is 5.60 Å². The van der Waals surface area contributed by atoms with Gasteiger partial charge in [0.2, 0.25) is 0 Å². The minimum Gasteiger partial charge on any atom is -0.465 e. The van der Waals surface area contributed by atoms with E-state index in [2.05, 4.69) is 43.0 Å². The molecule has 4 rings (SSSR count). The highest BCUT2D eigenvalue weighted by molar-refractivity contribution is 5.69. The maximum Gasteiger partial charge on any atom is 0.304 e. The lowest BCUT2D eigenvalue weighted by molar-refractivity contribution is -0.150. The highest BCUT2D eigenvalue weighted by Crippen LogP contribution is 2.42. The lowest BCUT2D eigenvalue weighted by Crippen LogP contribution is -2.34. The molecule has 2 unspecified atom stereocenters. The summed E-state index contributed by atoms with van der Waals surface area (Å²) >= 11 is 0. The predicted molar refractivity (Wildman–Crippen MR) is 134 cm³/mol. The molecule has 3 aromatic carbocycles. The fourth-order valence-electron chi connectivity index (χ4n) is 4.62. The molecule has 178 valence electrons. The van der Waals surface area contributed by atoms with Crippen LogP contribution in [-0.4, -0.2) is 32.0 Å². The quantitative estimate of drug-likeness (QED) is 0.294. The number of hydrogen-bond donors (Lipinski definition) is 0. The minimum absolute atomic E-state index is 0.203. The number of benzene rings is 3. The van der Waals surface area contributed by atoms with E-state index in [0.29, 0.717) is 0 Å². The molecule has 0 N–H and O–H groups in total. The third-order valence-corrected chi connectivity index (χ3v) is 6.30. The summed E-state index contributed by atoms with van der Waals surface area (Å²) in [5, 5.41) is 0. The summed E-state index contributed by atoms with van der Waals surface area (Å²) in [6, 6.07) is 26.0. The van der Waals surface area contributed by atoms with Crippen molar-refractivity contribution in [1.29, 1.82) is 0 Å². The number of carbonyl (C=O) groups excluding carboxylic acids is 1. The molecule has 0 bridgehead atoms. The monoisotopic (exact) mass is 459 g/mol. The molecule has 0 amide bonds. The van der Waals surface area contributed by atoms with Gasteiger partial charge in [0.1, 0.15) is 5.75 Å². The molecule has 2 atom stereocenters. The number of esters is 1. The molecule has 1 saturated heterocycles. The third kappa shape index (κ3) is 4.95. The van der Waals surface area contributed by atoms with Gasteiger partial charge in [-0.3, -0.25) is 4.79 Å². The lowest BCUT2D eigenvalue weighted by atomic mass is 9.80. The van der Waals surface area contributed by atoms with Crippen molar-refractivity contribution in [3.05, 3.63) is 95.6 Å². The first-order chi connectivity index (χ1) is 16.6. The Kier molecular flexibility index (Phi) is 7.53. The SMILES string of the molecule is CCN(CC)c1ccc(C(OC(C)=O)(c2ccccc2)c2ccc(OC3CCCO3)cc2)cc1. The maximum absolute atomic E-state index is 12.5. The molecule has 0 saturated carbocycles. The average molecular weight is 460 g/mol. The van der Waals surface area contributed by atoms with Crippen molar-refractivity contribution in [1.82, 2.24) is 0 Å². The van der Waals surface area contributed by atoms with E-state index >= 15 is 0 Å². The molecule has 1 aliphatic heterocycles. The summed E-state index contributed by atoms with van der Waals surface area (Å²) in [5.74, 6) is 0.383. The van der Waals surface area contributed by atoms with Gasteiger partial charge in [0, 0.05) is 48.8 Å². The van der Waals surface area contributed by atoms with Crippen LogP contribution in [0.3, 0.4) is 0 Å².